The van der Waals surface area contributed by atoms with Gasteiger partial charge in [-0.15, -0.1) is 0 Å². The van der Waals surface area contributed by atoms with Crippen LogP contribution in [-0.2, 0) is 6.42 Å². The molecule has 2 N–H and O–H groups in total. The van der Waals surface area contributed by atoms with Gasteiger partial charge in [-0.25, -0.2) is 14.8 Å². The Labute approximate surface area is 127 Å². The van der Waals surface area contributed by atoms with E-state index in [1.807, 2.05) is 18.2 Å². The van der Waals surface area contributed by atoms with E-state index in [9.17, 15) is 4.79 Å². The quantitative estimate of drug-likeness (QED) is 0.756. The van der Waals surface area contributed by atoms with Gasteiger partial charge in [-0.1, -0.05) is 30.3 Å². The molecule has 22 heavy (non-hydrogen) atoms. The van der Waals surface area contributed by atoms with Crippen molar-refractivity contribution in [3.8, 4) is 0 Å². The maximum absolute atomic E-state index is 11.0. The molecule has 0 saturated carbocycles. The highest BCUT2D eigenvalue weighted by atomic mass is 16.4. The van der Waals surface area contributed by atoms with Gasteiger partial charge in [0.2, 0.25) is 0 Å². The van der Waals surface area contributed by atoms with E-state index in [0.29, 0.717) is 5.52 Å². The molecule has 1 heterocycles. The van der Waals surface area contributed by atoms with Crippen molar-refractivity contribution in [2.45, 2.75) is 6.42 Å². The summed E-state index contributed by atoms with van der Waals surface area (Å²) in [7, 11) is 0. The zero-order valence-corrected chi connectivity index (χ0v) is 11.9. The lowest BCUT2D eigenvalue weighted by atomic mass is 10.1. The van der Waals surface area contributed by atoms with E-state index >= 15 is 0 Å². The van der Waals surface area contributed by atoms with Crippen LogP contribution >= 0.6 is 0 Å². The maximum Gasteiger partial charge on any atom is 0.335 e. The molecule has 0 aliphatic carbocycles. The van der Waals surface area contributed by atoms with Crippen molar-refractivity contribution in [2.75, 3.05) is 11.9 Å². The third-order valence-electron chi connectivity index (χ3n) is 3.43. The highest BCUT2D eigenvalue weighted by Gasteiger charge is 2.07. The first kappa shape index (κ1) is 14.0. The fourth-order valence-corrected chi connectivity index (χ4v) is 2.30. The SMILES string of the molecule is O=C(O)c1ccc2c(NCCc3ccccc3)ncnc2c1. The highest BCUT2D eigenvalue weighted by Crippen LogP contribution is 2.20. The Hall–Kier alpha value is -2.95. The van der Waals surface area contributed by atoms with E-state index in [1.165, 1.54) is 11.9 Å². The van der Waals surface area contributed by atoms with Gasteiger partial charge in [0.1, 0.15) is 12.1 Å². The molecule has 5 nitrogen and oxygen atoms in total. The monoisotopic (exact) mass is 293 g/mol. The molecule has 3 rings (SSSR count). The van der Waals surface area contributed by atoms with Crippen molar-refractivity contribution in [1.82, 2.24) is 9.97 Å². The fourth-order valence-electron chi connectivity index (χ4n) is 2.30. The summed E-state index contributed by atoms with van der Waals surface area (Å²) in [6, 6.07) is 15.1. The minimum Gasteiger partial charge on any atom is -0.478 e. The maximum atomic E-state index is 11.0. The standard InChI is InChI=1S/C17H15N3O2/c21-17(22)13-6-7-14-15(10-13)19-11-20-16(14)18-9-8-12-4-2-1-3-5-12/h1-7,10-11H,8-9H2,(H,21,22)(H,18,19,20). The summed E-state index contributed by atoms with van der Waals surface area (Å²) in [6.07, 6.45) is 2.33. The summed E-state index contributed by atoms with van der Waals surface area (Å²) < 4.78 is 0. The molecule has 2 aromatic carbocycles. The van der Waals surface area contributed by atoms with Crippen molar-refractivity contribution in [3.05, 3.63) is 66.0 Å². The Morgan fingerprint density at radius 2 is 1.91 bits per heavy atom. The van der Waals surface area contributed by atoms with Crippen molar-refractivity contribution < 1.29 is 9.90 Å². The van der Waals surface area contributed by atoms with Crippen LogP contribution in [0.2, 0.25) is 0 Å². The molecule has 3 aromatic rings. The highest BCUT2D eigenvalue weighted by molar-refractivity contribution is 5.96. The minimum atomic E-state index is -0.959. The van der Waals surface area contributed by atoms with Crippen LogP contribution in [0.15, 0.2) is 54.9 Å². The van der Waals surface area contributed by atoms with Gasteiger partial charge < -0.3 is 10.4 Å². The van der Waals surface area contributed by atoms with Crippen LogP contribution in [0, 0.1) is 0 Å². The molecule has 0 saturated heterocycles. The molecular weight excluding hydrogens is 278 g/mol. The molecular formula is C17H15N3O2. The fraction of sp³-hybridized carbons (Fsp3) is 0.118. The molecule has 110 valence electrons. The van der Waals surface area contributed by atoms with Crippen LogP contribution in [0.25, 0.3) is 10.9 Å². The molecule has 0 aliphatic rings. The second-order valence-electron chi connectivity index (χ2n) is 4.92. The second-order valence-corrected chi connectivity index (χ2v) is 4.92. The van der Waals surface area contributed by atoms with Crippen LogP contribution in [0.5, 0.6) is 0 Å². The predicted molar refractivity (Wildman–Crippen MR) is 85.1 cm³/mol. The van der Waals surface area contributed by atoms with Crippen LogP contribution in [0.1, 0.15) is 15.9 Å². The number of hydrogen-bond donors (Lipinski definition) is 2. The zero-order valence-electron chi connectivity index (χ0n) is 11.9. The molecule has 0 radical (unpaired) electrons. The van der Waals surface area contributed by atoms with Crippen LogP contribution in [0.4, 0.5) is 5.82 Å². The number of nitrogens with one attached hydrogen (secondary N) is 1. The molecule has 1 aromatic heterocycles. The van der Waals surface area contributed by atoms with Gasteiger partial charge in [-0.3, -0.25) is 0 Å². The molecule has 0 fully saturated rings. The van der Waals surface area contributed by atoms with Gasteiger partial charge in [-0.05, 0) is 30.2 Å². The van der Waals surface area contributed by atoms with Gasteiger partial charge in [0.25, 0.3) is 0 Å². The van der Waals surface area contributed by atoms with Crippen molar-refractivity contribution >= 4 is 22.7 Å². The Kier molecular flexibility index (Phi) is 3.96. The largest absolute Gasteiger partial charge is 0.478 e. The van der Waals surface area contributed by atoms with Crippen molar-refractivity contribution in [3.63, 3.8) is 0 Å². The van der Waals surface area contributed by atoms with E-state index in [2.05, 4.69) is 27.4 Å². The average Bonchev–Trinajstić information content (AvgIpc) is 2.55. The Bertz CT molecular complexity index is 803. The normalized spacial score (nSPS) is 10.5. The number of rotatable bonds is 5. The van der Waals surface area contributed by atoms with Crippen LogP contribution in [0.3, 0.4) is 0 Å². The lowest BCUT2D eigenvalue weighted by molar-refractivity contribution is 0.0697. The Morgan fingerprint density at radius 3 is 2.68 bits per heavy atom. The summed E-state index contributed by atoms with van der Waals surface area (Å²) >= 11 is 0. The minimum absolute atomic E-state index is 0.224. The zero-order chi connectivity index (χ0) is 15.4. The predicted octanol–water partition coefficient (Wildman–Crippen LogP) is 2.98. The lowest BCUT2D eigenvalue weighted by Crippen LogP contribution is -2.07. The average molecular weight is 293 g/mol. The molecule has 0 amide bonds. The molecule has 0 unspecified atom stereocenters. The van der Waals surface area contributed by atoms with Crippen LogP contribution < -0.4 is 5.32 Å². The van der Waals surface area contributed by atoms with E-state index < -0.39 is 5.97 Å². The Morgan fingerprint density at radius 1 is 1.09 bits per heavy atom. The number of benzene rings is 2. The van der Waals surface area contributed by atoms with E-state index in [4.69, 9.17) is 5.11 Å². The van der Waals surface area contributed by atoms with E-state index in [1.54, 1.807) is 18.2 Å². The van der Waals surface area contributed by atoms with Crippen LogP contribution in [-0.4, -0.2) is 27.6 Å². The number of aromatic nitrogens is 2. The first-order valence-electron chi connectivity index (χ1n) is 7.00. The second kappa shape index (κ2) is 6.22. The van der Waals surface area contributed by atoms with Gasteiger partial charge >= 0.3 is 5.97 Å². The first-order valence-corrected chi connectivity index (χ1v) is 7.00. The number of carbonyl (C=O) groups is 1. The summed E-state index contributed by atoms with van der Waals surface area (Å²) in [5.74, 6) is -0.239. The molecule has 0 atom stereocenters. The number of aromatic carboxylic acids is 1. The third-order valence-corrected chi connectivity index (χ3v) is 3.43. The van der Waals surface area contributed by atoms with Gasteiger partial charge in [0.05, 0.1) is 11.1 Å². The topological polar surface area (TPSA) is 75.1 Å². The smallest absolute Gasteiger partial charge is 0.335 e. The molecule has 0 spiro atoms. The summed E-state index contributed by atoms with van der Waals surface area (Å²) in [5.41, 5.74) is 2.10. The van der Waals surface area contributed by atoms with E-state index in [-0.39, 0.29) is 5.56 Å². The first-order chi connectivity index (χ1) is 10.7. The van der Waals surface area contributed by atoms with Crippen molar-refractivity contribution in [1.29, 1.82) is 0 Å². The Balaban J connectivity index is 1.77. The number of fused-ring (bicyclic) bond motifs is 1. The number of carboxylic acid groups (broad SMARTS) is 1. The third kappa shape index (κ3) is 3.03. The van der Waals surface area contributed by atoms with Gasteiger partial charge in [-0.2, -0.15) is 0 Å². The molecule has 0 bridgehead atoms. The number of carboxylic acids is 1. The van der Waals surface area contributed by atoms with Gasteiger partial charge in [0, 0.05) is 11.9 Å². The molecule has 5 heteroatoms. The summed E-state index contributed by atoms with van der Waals surface area (Å²) in [5, 5.41) is 13.1. The lowest BCUT2D eigenvalue weighted by Gasteiger charge is -2.08. The number of hydrogen-bond acceptors (Lipinski definition) is 4. The van der Waals surface area contributed by atoms with E-state index in [0.717, 1.165) is 24.2 Å². The van der Waals surface area contributed by atoms with Gasteiger partial charge in [0.15, 0.2) is 0 Å². The number of nitrogens with zero attached hydrogens (tertiary/aromatic N) is 2. The van der Waals surface area contributed by atoms with Crippen molar-refractivity contribution in [2.24, 2.45) is 0 Å². The number of anilines is 1. The molecule has 0 aliphatic heterocycles. The summed E-state index contributed by atoms with van der Waals surface area (Å²) in [6.45, 7) is 0.747. The summed E-state index contributed by atoms with van der Waals surface area (Å²) in [4.78, 5) is 19.4.